The molecule has 0 atom stereocenters. The number of ether oxygens (including phenoxy) is 1. The standard InChI is InChI=1S/C18H26N4O/c1-20(2)14-16-12-19-18-7-8-21(9-10-22(16)18)13-15-5-4-6-17(11-15)23-3/h4-6,11-12H,7-10,13-14H2,1-3H3. The lowest BCUT2D eigenvalue weighted by atomic mass is 10.2. The van der Waals surface area contributed by atoms with Crippen LogP contribution in [0.15, 0.2) is 30.5 Å². The third kappa shape index (κ3) is 3.92. The normalized spacial score (nSPS) is 15.5. The van der Waals surface area contributed by atoms with Crippen molar-refractivity contribution in [2.75, 3.05) is 34.3 Å². The molecule has 0 spiro atoms. The Labute approximate surface area is 138 Å². The van der Waals surface area contributed by atoms with E-state index in [9.17, 15) is 0 Å². The van der Waals surface area contributed by atoms with Gasteiger partial charge < -0.3 is 14.2 Å². The summed E-state index contributed by atoms with van der Waals surface area (Å²) in [6, 6.07) is 8.35. The van der Waals surface area contributed by atoms with E-state index in [2.05, 4.69) is 51.6 Å². The average molecular weight is 314 g/mol. The predicted molar refractivity (Wildman–Crippen MR) is 91.6 cm³/mol. The molecule has 0 N–H and O–H groups in total. The van der Waals surface area contributed by atoms with Crippen LogP contribution < -0.4 is 4.74 Å². The van der Waals surface area contributed by atoms with Crippen LogP contribution in [-0.2, 0) is 26.1 Å². The number of hydrogen-bond acceptors (Lipinski definition) is 4. The summed E-state index contributed by atoms with van der Waals surface area (Å²) in [5.74, 6) is 2.15. The van der Waals surface area contributed by atoms with Gasteiger partial charge in [-0.05, 0) is 31.8 Å². The van der Waals surface area contributed by atoms with Crippen molar-refractivity contribution in [2.45, 2.75) is 26.1 Å². The van der Waals surface area contributed by atoms with Crippen LogP contribution in [0, 0.1) is 0 Å². The van der Waals surface area contributed by atoms with Gasteiger partial charge in [0.25, 0.3) is 0 Å². The van der Waals surface area contributed by atoms with Gasteiger partial charge in [-0.3, -0.25) is 4.90 Å². The third-order valence-corrected chi connectivity index (χ3v) is 4.33. The van der Waals surface area contributed by atoms with Crippen LogP contribution in [-0.4, -0.2) is 53.6 Å². The zero-order valence-electron chi connectivity index (χ0n) is 14.3. The molecule has 5 nitrogen and oxygen atoms in total. The van der Waals surface area contributed by atoms with Crippen molar-refractivity contribution in [1.82, 2.24) is 19.4 Å². The molecule has 0 radical (unpaired) electrons. The maximum atomic E-state index is 5.32. The van der Waals surface area contributed by atoms with E-state index < -0.39 is 0 Å². The molecule has 5 heteroatoms. The van der Waals surface area contributed by atoms with Crippen LogP contribution in [0.1, 0.15) is 17.1 Å². The van der Waals surface area contributed by atoms with Crippen molar-refractivity contribution in [3.8, 4) is 5.75 Å². The van der Waals surface area contributed by atoms with Crippen molar-refractivity contribution < 1.29 is 4.74 Å². The molecule has 1 aromatic carbocycles. The molecule has 0 fully saturated rings. The number of methoxy groups -OCH3 is 1. The Morgan fingerprint density at radius 1 is 1.22 bits per heavy atom. The van der Waals surface area contributed by atoms with Crippen molar-refractivity contribution in [3.05, 3.63) is 47.5 Å². The van der Waals surface area contributed by atoms with E-state index in [1.165, 1.54) is 17.1 Å². The van der Waals surface area contributed by atoms with Gasteiger partial charge in [-0.15, -0.1) is 0 Å². The van der Waals surface area contributed by atoms with Crippen molar-refractivity contribution in [1.29, 1.82) is 0 Å². The SMILES string of the molecule is COc1cccc(CN2CCc3ncc(CN(C)C)n3CC2)c1. The summed E-state index contributed by atoms with van der Waals surface area (Å²) in [4.78, 5) is 9.33. The summed E-state index contributed by atoms with van der Waals surface area (Å²) >= 11 is 0. The number of imidazole rings is 1. The summed E-state index contributed by atoms with van der Waals surface area (Å²) in [6.45, 7) is 5.03. The third-order valence-electron chi connectivity index (χ3n) is 4.33. The molecule has 0 amide bonds. The summed E-state index contributed by atoms with van der Waals surface area (Å²) in [5, 5.41) is 0. The molecule has 3 rings (SSSR count). The van der Waals surface area contributed by atoms with Crippen LogP contribution in [0.2, 0.25) is 0 Å². The van der Waals surface area contributed by atoms with E-state index in [1.54, 1.807) is 7.11 Å². The minimum absolute atomic E-state index is 0.929. The Balaban J connectivity index is 1.66. The maximum Gasteiger partial charge on any atom is 0.119 e. The Bertz CT molecular complexity index is 650. The fourth-order valence-electron chi connectivity index (χ4n) is 3.17. The van der Waals surface area contributed by atoms with Gasteiger partial charge in [0.1, 0.15) is 11.6 Å². The Kier molecular flexibility index (Phi) is 4.98. The molecule has 124 valence electrons. The molecule has 1 aliphatic rings. The van der Waals surface area contributed by atoms with Gasteiger partial charge in [0.15, 0.2) is 0 Å². The first kappa shape index (κ1) is 16.0. The van der Waals surface area contributed by atoms with E-state index in [4.69, 9.17) is 4.74 Å². The first-order chi connectivity index (χ1) is 11.2. The van der Waals surface area contributed by atoms with Gasteiger partial charge in [0.2, 0.25) is 0 Å². The highest BCUT2D eigenvalue weighted by Gasteiger charge is 2.17. The first-order valence-corrected chi connectivity index (χ1v) is 8.19. The predicted octanol–water partition coefficient (Wildman–Crippen LogP) is 2.01. The molecule has 0 saturated carbocycles. The first-order valence-electron chi connectivity index (χ1n) is 8.19. The molecule has 23 heavy (non-hydrogen) atoms. The second-order valence-corrected chi connectivity index (χ2v) is 6.43. The van der Waals surface area contributed by atoms with Gasteiger partial charge in [-0.1, -0.05) is 12.1 Å². The minimum Gasteiger partial charge on any atom is -0.497 e. The molecule has 1 aliphatic heterocycles. The monoisotopic (exact) mass is 314 g/mol. The number of fused-ring (bicyclic) bond motifs is 1. The van der Waals surface area contributed by atoms with Crippen LogP contribution in [0.3, 0.4) is 0 Å². The number of rotatable bonds is 5. The Hall–Kier alpha value is -1.85. The van der Waals surface area contributed by atoms with Crippen LogP contribution in [0.4, 0.5) is 0 Å². The van der Waals surface area contributed by atoms with E-state index in [0.29, 0.717) is 0 Å². The molecular formula is C18H26N4O. The summed E-state index contributed by atoms with van der Waals surface area (Å²) in [7, 11) is 5.92. The molecule has 0 aliphatic carbocycles. The van der Waals surface area contributed by atoms with Gasteiger partial charge in [-0.2, -0.15) is 0 Å². The largest absolute Gasteiger partial charge is 0.497 e. The highest BCUT2D eigenvalue weighted by Crippen LogP contribution is 2.17. The molecule has 2 aromatic rings. The molecule has 0 unspecified atom stereocenters. The smallest absolute Gasteiger partial charge is 0.119 e. The quantitative estimate of drug-likeness (QED) is 0.845. The average Bonchev–Trinajstić information content (AvgIpc) is 2.79. The van der Waals surface area contributed by atoms with Crippen molar-refractivity contribution in [2.24, 2.45) is 0 Å². The van der Waals surface area contributed by atoms with Crippen LogP contribution >= 0.6 is 0 Å². The van der Waals surface area contributed by atoms with Crippen LogP contribution in [0.5, 0.6) is 5.75 Å². The van der Waals surface area contributed by atoms with Gasteiger partial charge >= 0.3 is 0 Å². The lowest BCUT2D eigenvalue weighted by Gasteiger charge is -2.20. The summed E-state index contributed by atoms with van der Waals surface area (Å²) in [6.07, 6.45) is 3.05. The molecule has 1 aromatic heterocycles. The van der Waals surface area contributed by atoms with Crippen molar-refractivity contribution >= 4 is 0 Å². The topological polar surface area (TPSA) is 33.5 Å². The number of aromatic nitrogens is 2. The van der Waals surface area contributed by atoms with Crippen molar-refractivity contribution in [3.63, 3.8) is 0 Å². The highest BCUT2D eigenvalue weighted by atomic mass is 16.5. The molecule has 0 saturated heterocycles. The molecular weight excluding hydrogens is 288 g/mol. The number of hydrogen-bond donors (Lipinski definition) is 0. The fourth-order valence-corrected chi connectivity index (χ4v) is 3.17. The van der Waals surface area contributed by atoms with Gasteiger partial charge in [0, 0.05) is 45.3 Å². The zero-order valence-corrected chi connectivity index (χ0v) is 14.3. The second-order valence-electron chi connectivity index (χ2n) is 6.43. The highest BCUT2D eigenvalue weighted by molar-refractivity contribution is 5.28. The Morgan fingerprint density at radius 3 is 2.87 bits per heavy atom. The molecule has 2 heterocycles. The van der Waals surface area contributed by atoms with E-state index in [-0.39, 0.29) is 0 Å². The Morgan fingerprint density at radius 2 is 2.09 bits per heavy atom. The fraction of sp³-hybridized carbons (Fsp3) is 0.500. The molecule has 0 bridgehead atoms. The van der Waals surface area contributed by atoms with E-state index in [0.717, 1.165) is 44.9 Å². The number of nitrogens with zero attached hydrogens (tertiary/aromatic N) is 4. The van der Waals surface area contributed by atoms with E-state index in [1.807, 2.05) is 12.3 Å². The van der Waals surface area contributed by atoms with E-state index >= 15 is 0 Å². The van der Waals surface area contributed by atoms with Gasteiger partial charge in [-0.25, -0.2) is 4.98 Å². The zero-order chi connectivity index (χ0) is 16.2. The van der Waals surface area contributed by atoms with Crippen LogP contribution in [0.25, 0.3) is 0 Å². The lowest BCUT2D eigenvalue weighted by molar-refractivity contribution is 0.269. The summed E-state index contributed by atoms with van der Waals surface area (Å²) in [5.41, 5.74) is 2.62. The summed E-state index contributed by atoms with van der Waals surface area (Å²) < 4.78 is 7.72. The second kappa shape index (κ2) is 7.15. The minimum atomic E-state index is 0.929. The van der Waals surface area contributed by atoms with Gasteiger partial charge in [0.05, 0.1) is 12.8 Å². The lowest BCUT2D eigenvalue weighted by Crippen LogP contribution is -2.26. The maximum absolute atomic E-state index is 5.32. The number of benzene rings is 1.